The van der Waals surface area contributed by atoms with Gasteiger partial charge >= 0.3 is 0 Å². The lowest BCUT2D eigenvalue weighted by molar-refractivity contribution is 0.305. The van der Waals surface area contributed by atoms with Crippen LogP contribution in [0.1, 0.15) is 5.56 Å². The van der Waals surface area contributed by atoms with Gasteiger partial charge in [-0.25, -0.2) is 4.39 Å². The number of halogens is 3. The molecule has 2 N–H and O–H groups in total. The van der Waals surface area contributed by atoms with E-state index in [0.717, 1.165) is 10.0 Å². The lowest BCUT2D eigenvalue weighted by Crippen LogP contribution is -2.00. The summed E-state index contributed by atoms with van der Waals surface area (Å²) in [4.78, 5) is 0. The molecule has 94 valence electrons. The Kier molecular flexibility index (Phi) is 4.09. The van der Waals surface area contributed by atoms with Crippen molar-refractivity contribution in [3.63, 3.8) is 0 Å². The Morgan fingerprint density at radius 3 is 2.72 bits per heavy atom. The molecule has 5 heteroatoms. The summed E-state index contributed by atoms with van der Waals surface area (Å²) in [6, 6.07) is 10.1. The third kappa shape index (κ3) is 2.94. The summed E-state index contributed by atoms with van der Waals surface area (Å²) >= 11 is 9.02. The minimum atomic E-state index is -0.548. The highest BCUT2D eigenvalue weighted by Crippen LogP contribution is 2.29. The molecule has 0 unspecified atom stereocenters. The average molecular weight is 331 g/mol. The molecule has 0 radical (unpaired) electrons. The maximum Gasteiger partial charge on any atom is 0.145 e. The van der Waals surface area contributed by atoms with Crippen LogP contribution in [0.25, 0.3) is 0 Å². The molecule has 0 saturated carbocycles. The van der Waals surface area contributed by atoms with Crippen LogP contribution in [0, 0.1) is 5.82 Å². The fourth-order valence-electron chi connectivity index (χ4n) is 1.44. The van der Waals surface area contributed by atoms with Crippen LogP contribution in [0.5, 0.6) is 5.75 Å². The molecular formula is C13H10BrClFNO. The van der Waals surface area contributed by atoms with E-state index >= 15 is 0 Å². The Morgan fingerprint density at radius 2 is 2.00 bits per heavy atom. The Morgan fingerprint density at radius 1 is 1.28 bits per heavy atom. The predicted octanol–water partition coefficient (Wildman–Crippen LogP) is 4.40. The van der Waals surface area contributed by atoms with Crippen molar-refractivity contribution in [1.29, 1.82) is 0 Å². The van der Waals surface area contributed by atoms with Crippen LogP contribution in [-0.2, 0) is 6.61 Å². The van der Waals surface area contributed by atoms with Crippen LogP contribution < -0.4 is 10.5 Å². The van der Waals surface area contributed by atoms with Crippen LogP contribution in [0.15, 0.2) is 40.9 Å². The van der Waals surface area contributed by atoms with Crippen LogP contribution >= 0.6 is 27.5 Å². The van der Waals surface area contributed by atoms with Gasteiger partial charge in [0.25, 0.3) is 0 Å². The second-order valence-corrected chi connectivity index (χ2v) is 4.95. The van der Waals surface area contributed by atoms with Gasteiger partial charge < -0.3 is 10.5 Å². The molecule has 2 rings (SSSR count). The van der Waals surface area contributed by atoms with E-state index in [0.29, 0.717) is 12.3 Å². The minimum absolute atomic E-state index is 0.0132. The first-order valence-electron chi connectivity index (χ1n) is 5.18. The van der Waals surface area contributed by atoms with Crippen molar-refractivity contribution in [2.75, 3.05) is 5.73 Å². The largest absolute Gasteiger partial charge is 0.487 e. The summed E-state index contributed by atoms with van der Waals surface area (Å²) in [6.07, 6.45) is 0. The van der Waals surface area contributed by atoms with Crippen molar-refractivity contribution in [3.8, 4) is 5.75 Å². The van der Waals surface area contributed by atoms with E-state index in [9.17, 15) is 4.39 Å². The molecule has 2 aromatic rings. The zero-order valence-corrected chi connectivity index (χ0v) is 11.6. The van der Waals surface area contributed by atoms with Crippen LogP contribution in [0.4, 0.5) is 10.1 Å². The lowest BCUT2D eigenvalue weighted by atomic mass is 10.2. The number of nitrogen functional groups attached to an aromatic ring is 1. The predicted molar refractivity (Wildman–Crippen MR) is 74.3 cm³/mol. The summed E-state index contributed by atoms with van der Waals surface area (Å²) in [5.41, 5.74) is 6.97. The maximum atomic E-state index is 13.3. The Balaban J connectivity index is 2.16. The van der Waals surface area contributed by atoms with Gasteiger partial charge in [0.1, 0.15) is 18.2 Å². The zero-order chi connectivity index (χ0) is 13.1. The first-order chi connectivity index (χ1) is 8.58. The maximum absolute atomic E-state index is 13.3. The number of benzene rings is 2. The van der Waals surface area contributed by atoms with Gasteiger partial charge in [0.2, 0.25) is 0 Å². The van der Waals surface area contributed by atoms with Gasteiger partial charge in [0, 0.05) is 16.1 Å². The SMILES string of the molecule is Nc1cc(Cl)c(F)cc1OCc1ccccc1Br. The Hall–Kier alpha value is -1.26. The van der Waals surface area contributed by atoms with Crippen LogP contribution in [0.2, 0.25) is 5.02 Å². The molecule has 0 spiro atoms. The normalized spacial score (nSPS) is 10.4. The van der Waals surface area contributed by atoms with E-state index in [2.05, 4.69) is 15.9 Å². The molecule has 0 bridgehead atoms. The summed E-state index contributed by atoms with van der Waals surface area (Å²) < 4.78 is 19.7. The molecule has 18 heavy (non-hydrogen) atoms. The molecule has 0 aliphatic rings. The molecule has 0 aliphatic heterocycles. The standard InChI is InChI=1S/C13H10BrClFNO/c14-9-4-2-1-3-8(9)7-18-13-6-11(16)10(15)5-12(13)17/h1-6H,7,17H2. The van der Waals surface area contributed by atoms with Crippen molar-refractivity contribution in [2.24, 2.45) is 0 Å². The second-order valence-electron chi connectivity index (χ2n) is 3.68. The highest BCUT2D eigenvalue weighted by atomic mass is 79.9. The van der Waals surface area contributed by atoms with Crippen molar-refractivity contribution >= 4 is 33.2 Å². The first kappa shape index (κ1) is 13.2. The molecule has 2 aromatic carbocycles. The van der Waals surface area contributed by atoms with Gasteiger partial charge in [0.05, 0.1) is 10.7 Å². The van der Waals surface area contributed by atoms with Crippen molar-refractivity contribution in [3.05, 3.63) is 57.3 Å². The van der Waals surface area contributed by atoms with Crippen LogP contribution in [0.3, 0.4) is 0 Å². The number of hydrogen-bond acceptors (Lipinski definition) is 2. The number of hydrogen-bond donors (Lipinski definition) is 1. The van der Waals surface area contributed by atoms with Gasteiger partial charge in [-0.1, -0.05) is 45.7 Å². The number of ether oxygens (including phenoxy) is 1. The molecule has 0 aliphatic carbocycles. The minimum Gasteiger partial charge on any atom is -0.487 e. The first-order valence-corrected chi connectivity index (χ1v) is 6.35. The monoisotopic (exact) mass is 329 g/mol. The highest BCUT2D eigenvalue weighted by Gasteiger charge is 2.08. The lowest BCUT2D eigenvalue weighted by Gasteiger charge is -2.10. The molecular weight excluding hydrogens is 321 g/mol. The Labute approximate surface area is 118 Å². The van der Waals surface area contributed by atoms with E-state index in [1.165, 1.54) is 12.1 Å². The summed E-state index contributed by atoms with van der Waals surface area (Å²) in [7, 11) is 0. The van der Waals surface area contributed by atoms with E-state index in [1.54, 1.807) is 0 Å². The Bertz CT molecular complexity index is 577. The third-order valence-electron chi connectivity index (χ3n) is 2.39. The van der Waals surface area contributed by atoms with E-state index in [-0.39, 0.29) is 10.8 Å². The molecule has 0 fully saturated rings. The molecule has 0 heterocycles. The summed E-state index contributed by atoms with van der Waals surface area (Å²) in [5, 5.41) is -0.0132. The van der Waals surface area contributed by atoms with Crippen molar-refractivity contribution < 1.29 is 9.13 Å². The zero-order valence-electron chi connectivity index (χ0n) is 9.29. The van der Waals surface area contributed by atoms with E-state index in [1.807, 2.05) is 24.3 Å². The quantitative estimate of drug-likeness (QED) is 0.846. The highest BCUT2D eigenvalue weighted by molar-refractivity contribution is 9.10. The van der Waals surface area contributed by atoms with Crippen molar-refractivity contribution in [2.45, 2.75) is 6.61 Å². The smallest absolute Gasteiger partial charge is 0.145 e. The van der Waals surface area contributed by atoms with E-state index < -0.39 is 5.82 Å². The second kappa shape index (κ2) is 5.59. The molecule has 0 aromatic heterocycles. The third-order valence-corrected chi connectivity index (χ3v) is 3.46. The molecule has 0 amide bonds. The summed E-state index contributed by atoms with van der Waals surface area (Å²) in [6.45, 7) is 0.298. The van der Waals surface area contributed by atoms with Gasteiger partial charge in [-0.2, -0.15) is 0 Å². The molecule has 0 saturated heterocycles. The summed E-state index contributed by atoms with van der Waals surface area (Å²) in [5.74, 6) is -0.263. The van der Waals surface area contributed by atoms with Crippen molar-refractivity contribution in [1.82, 2.24) is 0 Å². The fraction of sp³-hybridized carbons (Fsp3) is 0.0769. The fourth-order valence-corrected chi connectivity index (χ4v) is 2.01. The average Bonchev–Trinajstić information content (AvgIpc) is 2.34. The number of rotatable bonds is 3. The number of anilines is 1. The molecule has 2 nitrogen and oxygen atoms in total. The van der Waals surface area contributed by atoms with Gasteiger partial charge in [0.15, 0.2) is 0 Å². The number of nitrogens with two attached hydrogens (primary N) is 1. The topological polar surface area (TPSA) is 35.2 Å². The van der Waals surface area contributed by atoms with Gasteiger partial charge in [-0.3, -0.25) is 0 Å². The van der Waals surface area contributed by atoms with E-state index in [4.69, 9.17) is 22.1 Å². The van der Waals surface area contributed by atoms with Crippen LogP contribution in [-0.4, -0.2) is 0 Å². The van der Waals surface area contributed by atoms with Gasteiger partial charge in [-0.05, 0) is 12.1 Å². The molecule has 0 atom stereocenters. The van der Waals surface area contributed by atoms with Gasteiger partial charge in [-0.15, -0.1) is 0 Å².